The number of aryl methyl sites for hydroxylation is 2. The van der Waals surface area contributed by atoms with Gasteiger partial charge in [0, 0.05) is 31.9 Å². The van der Waals surface area contributed by atoms with E-state index in [-0.39, 0.29) is 11.8 Å². The number of carbonyl (C=O) groups is 1. The summed E-state index contributed by atoms with van der Waals surface area (Å²) in [5.41, 5.74) is 4.22. The molecule has 0 spiro atoms. The third-order valence-corrected chi connectivity index (χ3v) is 5.11. The number of hydrogen-bond acceptors (Lipinski definition) is 2. The first-order valence-corrected chi connectivity index (χ1v) is 8.88. The Hall–Kier alpha value is -2.56. The Kier molecular flexibility index (Phi) is 4.30. The summed E-state index contributed by atoms with van der Waals surface area (Å²) in [6.07, 6.45) is 3.44. The number of benzene rings is 2. The molecule has 0 unspecified atom stereocenters. The van der Waals surface area contributed by atoms with Crippen LogP contribution in [0.1, 0.15) is 17.5 Å². The van der Waals surface area contributed by atoms with Crippen LogP contribution in [0.25, 0.3) is 0 Å². The first-order chi connectivity index (χ1) is 12.2. The standard InChI is InChI=1S/C20H22FN3O/c21-18-6-1-2-7-19(18)23-10-12-24(13-11-23)20(25)22-17-9-8-15-4-3-5-16(15)14-17/h1-2,6-9,14H,3-5,10-13H2,(H,22,25). The number of para-hydroxylation sites is 1. The zero-order valence-corrected chi connectivity index (χ0v) is 14.2. The minimum atomic E-state index is -0.210. The summed E-state index contributed by atoms with van der Waals surface area (Å²) in [4.78, 5) is 16.3. The number of rotatable bonds is 2. The highest BCUT2D eigenvalue weighted by atomic mass is 19.1. The molecule has 0 bridgehead atoms. The molecular formula is C20H22FN3O. The number of piperazine rings is 1. The van der Waals surface area contributed by atoms with Gasteiger partial charge in [-0.15, -0.1) is 0 Å². The van der Waals surface area contributed by atoms with E-state index in [0.29, 0.717) is 31.9 Å². The van der Waals surface area contributed by atoms with Crippen molar-refractivity contribution >= 4 is 17.4 Å². The van der Waals surface area contributed by atoms with Crippen LogP contribution in [0.15, 0.2) is 42.5 Å². The molecular weight excluding hydrogens is 317 g/mol. The fraction of sp³-hybridized carbons (Fsp3) is 0.350. The Bertz CT molecular complexity index is 784. The second-order valence-corrected chi connectivity index (χ2v) is 6.69. The van der Waals surface area contributed by atoms with Crippen molar-refractivity contribution < 1.29 is 9.18 Å². The molecule has 4 nitrogen and oxygen atoms in total. The van der Waals surface area contributed by atoms with Gasteiger partial charge in [-0.3, -0.25) is 0 Å². The van der Waals surface area contributed by atoms with E-state index >= 15 is 0 Å². The lowest BCUT2D eigenvalue weighted by molar-refractivity contribution is 0.208. The number of anilines is 2. The van der Waals surface area contributed by atoms with Crippen LogP contribution in [0.3, 0.4) is 0 Å². The summed E-state index contributed by atoms with van der Waals surface area (Å²) in [7, 11) is 0. The highest BCUT2D eigenvalue weighted by molar-refractivity contribution is 5.89. The molecule has 0 saturated carbocycles. The third-order valence-electron chi connectivity index (χ3n) is 5.11. The SMILES string of the molecule is O=C(Nc1ccc2c(c1)CCC2)N1CCN(c2ccccc2F)CC1. The van der Waals surface area contributed by atoms with E-state index < -0.39 is 0 Å². The Morgan fingerprint density at radius 2 is 1.72 bits per heavy atom. The van der Waals surface area contributed by atoms with Gasteiger partial charge in [-0.25, -0.2) is 9.18 Å². The summed E-state index contributed by atoms with van der Waals surface area (Å²) in [5.74, 6) is -0.210. The van der Waals surface area contributed by atoms with Crippen molar-refractivity contribution in [2.75, 3.05) is 36.4 Å². The van der Waals surface area contributed by atoms with Crippen molar-refractivity contribution in [2.45, 2.75) is 19.3 Å². The number of amides is 2. The van der Waals surface area contributed by atoms with Crippen molar-refractivity contribution in [3.8, 4) is 0 Å². The van der Waals surface area contributed by atoms with Gasteiger partial charge in [0.15, 0.2) is 0 Å². The first kappa shape index (κ1) is 15.9. The molecule has 130 valence electrons. The highest BCUT2D eigenvalue weighted by Gasteiger charge is 2.23. The Balaban J connectivity index is 1.36. The Morgan fingerprint density at radius 1 is 0.960 bits per heavy atom. The first-order valence-electron chi connectivity index (χ1n) is 8.88. The third kappa shape index (κ3) is 3.31. The van der Waals surface area contributed by atoms with Crippen LogP contribution >= 0.6 is 0 Å². The van der Waals surface area contributed by atoms with Gasteiger partial charge < -0.3 is 15.1 Å². The van der Waals surface area contributed by atoms with Crippen LogP contribution < -0.4 is 10.2 Å². The van der Waals surface area contributed by atoms with Crippen LogP contribution in [0.5, 0.6) is 0 Å². The van der Waals surface area contributed by atoms with E-state index in [9.17, 15) is 9.18 Å². The van der Waals surface area contributed by atoms with E-state index in [1.165, 1.54) is 23.6 Å². The molecule has 1 aliphatic carbocycles. The molecule has 0 radical (unpaired) electrons. The van der Waals surface area contributed by atoms with Crippen LogP contribution in [0, 0.1) is 5.82 Å². The molecule has 1 heterocycles. The quantitative estimate of drug-likeness (QED) is 0.906. The number of fused-ring (bicyclic) bond motifs is 1. The number of hydrogen-bond donors (Lipinski definition) is 1. The van der Waals surface area contributed by atoms with Crippen LogP contribution in [-0.4, -0.2) is 37.1 Å². The molecule has 1 fully saturated rings. The van der Waals surface area contributed by atoms with Crippen molar-refractivity contribution in [1.29, 1.82) is 0 Å². The minimum Gasteiger partial charge on any atom is -0.366 e. The van der Waals surface area contributed by atoms with Crippen molar-refractivity contribution in [3.05, 3.63) is 59.4 Å². The van der Waals surface area contributed by atoms with Gasteiger partial charge in [0.05, 0.1) is 5.69 Å². The zero-order chi connectivity index (χ0) is 17.2. The van der Waals surface area contributed by atoms with Crippen LogP contribution in [-0.2, 0) is 12.8 Å². The zero-order valence-electron chi connectivity index (χ0n) is 14.2. The average molecular weight is 339 g/mol. The smallest absolute Gasteiger partial charge is 0.321 e. The molecule has 2 aromatic carbocycles. The van der Waals surface area contributed by atoms with Gasteiger partial charge >= 0.3 is 6.03 Å². The van der Waals surface area contributed by atoms with Gasteiger partial charge in [0.1, 0.15) is 5.82 Å². The second kappa shape index (κ2) is 6.75. The minimum absolute atomic E-state index is 0.0777. The average Bonchev–Trinajstić information content (AvgIpc) is 3.10. The molecule has 0 atom stereocenters. The van der Waals surface area contributed by atoms with E-state index in [4.69, 9.17) is 0 Å². The van der Waals surface area contributed by atoms with Crippen molar-refractivity contribution in [3.63, 3.8) is 0 Å². The molecule has 2 aromatic rings. The van der Waals surface area contributed by atoms with E-state index in [0.717, 1.165) is 18.5 Å². The number of halogens is 1. The summed E-state index contributed by atoms with van der Waals surface area (Å²) in [6.45, 7) is 2.45. The summed E-state index contributed by atoms with van der Waals surface area (Å²) < 4.78 is 13.9. The molecule has 25 heavy (non-hydrogen) atoms. The normalized spacial score (nSPS) is 16.7. The molecule has 4 rings (SSSR count). The van der Waals surface area contributed by atoms with Gasteiger partial charge in [0.2, 0.25) is 0 Å². The molecule has 2 amide bonds. The van der Waals surface area contributed by atoms with Gasteiger partial charge in [-0.2, -0.15) is 0 Å². The van der Waals surface area contributed by atoms with E-state index in [1.807, 2.05) is 17.0 Å². The lowest BCUT2D eigenvalue weighted by atomic mass is 10.1. The van der Waals surface area contributed by atoms with E-state index in [2.05, 4.69) is 17.4 Å². The molecule has 5 heteroatoms. The van der Waals surface area contributed by atoms with E-state index in [1.54, 1.807) is 17.0 Å². The van der Waals surface area contributed by atoms with Crippen molar-refractivity contribution in [1.82, 2.24) is 4.90 Å². The largest absolute Gasteiger partial charge is 0.366 e. The van der Waals surface area contributed by atoms with Crippen LogP contribution in [0.2, 0.25) is 0 Å². The lowest BCUT2D eigenvalue weighted by Gasteiger charge is -2.36. The summed E-state index contributed by atoms with van der Waals surface area (Å²) >= 11 is 0. The molecule has 1 aliphatic heterocycles. The topological polar surface area (TPSA) is 35.6 Å². The lowest BCUT2D eigenvalue weighted by Crippen LogP contribution is -2.50. The number of carbonyl (C=O) groups excluding carboxylic acids is 1. The predicted octanol–water partition coefficient (Wildman–Crippen LogP) is 3.67. The monoisotopic (exact) mass is 339 g/mol. The van der Waals surface area contributed by atoms with Crippen LogP contribution in [0.4, 0.5) is 20.6 Å². The number of urea groups is 1. The molecule has 1 N–H and O–H groups in total. The summed E-state index contributed by atoms with van der Waals surface area (Å²) in [5, 5.41) is 3.00. The number of nitrogens with one attached hydrogen (secondary N) is 1. The highest BCUT2D eigenvalue weighted by Crippen LogP contribution is 2.25. The fourth-order valence-corrected chi connectivity index (χ4v) is 3.71. The fourth-order valence-electron chi connectivity index (χ4n) is 3.71. The molecule has 1 saturated heterocycles. The maximum Gasteiger partial charge on any atom is 0.321 e. The maximum absolute atomic E-state index is 13.9. The van der Waals surface area contributed by atoms with Gasteiger partial charge in [0.25, 0.3) is 0 Å². The van der Waals surface area contributed by atoms with Gasteiger partial charge in [-0.05, 0) is 54.7 Å². The maximum atomic E-state index is 13.9. The number of nitrogens with zero attached hydrogens (tertiary/aromatic N) is 2. The molecule has 0 aromatic heterocycles. The van der Waals surface area contributed by atoms with Gasteiger partial charge in [-0.1, -0.05) is 18.2 Å². The Labute approximate surface area is 147 Å². The summed E-state index contributed by atoms with van der Waals surface area (Å²) in [6, 6.07) is 12.9. The van der Waals surface area contributed by atoms with Crippen molar-refractivity contribution in [2.24, 2.45) is 0 Å². The molecule has 2 aliphatic rings. The Morgan fingerprint density at radius 3 is 2.52 bits per heavy atom. The second-order valence-electron chi connectivity index (χ2n) is 6.69. The predicted molar refractivity (Wildman–Crippen MR) is 97.7 cm³/mol.